The molecule has 0 aliphatic heterocycles. The molecular weight excluding hydrogens is 374 g/mol. The molecule has 9 heteroatoms. The molecule has 0 saturated heterocycles. The summed E-state index contributed by atoms with van der Waals surface area (Å²) in [4.78, 5) is 0.926. The van der Waals surface area contributed by atoms with E-state index in [0.29, 0.717) is 16.0 Å². The van der Waals surface area contributed by atoms with Gasteiger partial charge in [-0.1, -0.05) is 50.4 Å². The molecule has 0 saturated carbocycles. The Balaban J connectivity index is 3.15. The molecule has 0 fully saturated rings. The fourth-order valence-electron chi connectivity index (χ4n) is 2.39. The van der Waals surface area contributed by atoms with Crippen molar-refractivity contribution in [3.63, 3.8) is 0 Å². The fraction of sp³-hybridized carbons (Fsp3) is 0.500. The third-order valence-electron chi connectivity index (χ3n) is 4.00. The van der Waals surface area contributed by atoms with E-state index in [0.717, 1.165) is 29.8 Å². The van der Waals surface area contributed by atoms with Crippen molar-refractivity contribution in [3.8, 4) is 0 Å². The molecule has 1 aromatic carbocycles. The quantitative estimate of drug-likeness (QED) is 0.349. The van der Waals surface area contributed by atoms with E-state index in [4.69, 9.17) is 43.4 Å². The van der Waals surface area contributed by atoms with Gasteiger partial charge in [0, 0.05) is 51.6 Å². The molecular formula is C16H27N3O3S2Si. The molecule has 3 N–H and O–H groups in total. The van der Waals surface area contributed by atoms with Gasteiger partial charge in [-0.2, -0.15) is 0 Å². The van der Waals surface area contributed by atoms with Gasteiger partial charge in [0.2, 0.25) is 0 Å². The van der Waals surface area contributed by atoms with Crippen LogP contribution in [-0.4, -0.2) is 58.2 Å². The Hall–Kier alpha value is -0.943. The van der Waals surface area contributed by atoms with Gasteiger partial charge in [-0.25, -0.2) is 5.01 Å². The second kappa shape index (κ2) is 10.3. The number of nitrogens with one attached hydrogen (secondary N) is 1. The molecule has 140 valence electrons. The molecule has 0 heterocycles. The average Bonchev–Trinajstić information content (AvgIpc) is 2.64. The van der Waals surface area contributed by atoms with Crippen molar-refractivity contribution >= 4 is 43.2 Å². The van der Waals surface area contributed by atoms with Crippen LogP contribution in [0.25, 0.3) is 0 Å². The van der Waals surface area contributed by atoms with Crippen LogP contribution in [0.4, 0.5) is 0 Å². The molecule has 0 atom stereocenters. The maximum atomic E-state index is 5.93. The highest BCUT2D eigenvalue weighted by Gasteiger charge is 2.38. The van der Waals surface area contributed by atoms with Crippen LogP contribution in [0.3, 0.4) is 0 Å². The van der Waals surface area contributed by atoms with E-state index in [1.807, 2.05) is 23.2 Å². The minimum atomic E-state index is -2.79. The topological polar surface area (TPSA) is 69.0 Å². The molecule has 0 aromatic heterocycles. The lowest BCUT2D eigenvalue weighted by atomic mass is 10.0. The van der Waals surface area contributed by atoms with E-state index in [-0.39, 0.29) is 0 Å². The summed E-state index contributed by atoms with van der Waals surface area (Å²) in [6, 6.07) is 6.26. The Morgan fingerprint density at radius 3 is 2.12 bits per heavy atom. The standard InChI is InChI=1S/C16H27N3O3S2Si/c1-6-19(7-2)18-16(24)12-8-9-13(14(10-12)15(17)23)11-25(20-3,21-4)22-5/h8-10H,6-7,11H2,1-5H3,(H2,17,23)(H,18,24). The molecule has 0 radical (unpaired) electrons. The Kier molecular flexibility index (Phi) is 9.07. The highest BCUT2D eigenvalue weighted by Crippen LogP contribution is 2.20. The monoisotopic (exact) mass is 401 g/mol. The molecule has 0 bridgehead atoms. The number of nitrogens with zero attached hydrogens (tertiary/aromatic N) is 1. The molecule has 0 aliphatic rings. The first kappa shape index (κ1) is 22.1. The van der Waals surface area contributed by atoms with Crippen LogP contribution in [0.1, 0.15) is 30.5 Å². The SMILES string of the molecule is CCN(CC)NC(=S)c1ccc(C[Si](OC)(OC)OC)c(C(N)=S)c1. The first-order valence-corrected chi connectivity index (χ1v) is 10.7. The van der Waals surface area contributed by atoms with Crippen molar-refractivity contribution in [1.29, 1.82) is 0 Å². The first-order chi connectivity index (χ1) is 11.9. The van der Waals surface area contributed by atoms with Crippen LogP contribution >= 0.6 is 24.4 Å². The highest BCUT2D eigenvalue weighted by atomic mass is 32.1. The second-order valence-electron chi connectivity index (χ2n) is 5.32. The van der Waals surface area contributed by atoms with E-state index >= 15 is 0 Å². The molecule has 1 rings (SSSR count). The van der Waals surface area contributed by atoms with Gasteiger partial charge in [0.1, 0.15) is 9.98 Å². The maximum Gasteiger partial charge on any atom is 0.504 e. The number of hydrazine groups is 1. The minimum absolute atomic E-state index is 0.300. The number of hydrogen-bond acceptors (Lipinski definition) is 6. The van der Waals surface area contributed by atoms with Gasteiger partial charge in [0.05, 0.1) is 0 Å². The van der Waals surface area contributed by atoms with Crippen LogP contribution in [0.5, 0.6) is 0 Å². The van der Waals surface area contributed by atoms with E-state index in [1.165, 1.54) is 0 Å². The molecule has 0 unspecified atom stereocenters. The predicted molar refractivity (Wildman–Crippen MR) is 111 cm³/mol. The first-order valence-electron chi connectivity index (χ1n) is 8.00. The van der Waals surface area contributed by atoms with Crippen molar-refractivity contribution in [2.75, 3.05) is 34.4 Å². The zero-order valence-corrected chi connectivity index (χ0v) is 18.1. The number of benzene rings is 1. The highest BCUT2D eigenvalue weighted by molar-refractivity contribution is 7.81. The lowest BCUT2D eigenvalue weighted by molar-refractivity contribution is 0.122. The van der Waals surface area contributed by atoms with Gasteiger partial charge in [-0.3, -0.25) is 0 Å². The van der Waals surface area contributed by atoms with Crippen LogP contribution in [0.15, 0.2) is 18.2 Å². The summed E-state index contributed by atoms with van der Waals surface area (Å²) in [5, 5.41) is 2.02. The number of rotatable bonds is 10. The van der Waals surface area contributed by atoms with Crippen LogP contribution in [-0.2, 0) is 19.3 Å². The van der Waals surface area contributed by atoms with Crippen molar-refractivity contribution in [2.24, 2.45) is 5.73 Å². The number of thiocarbonyl (C=S) groups is 2. The summed E-state index contributed by atoms with van der Waals surface area (Å²) in [6.45, 7) is 5.82. The fourth-order valence-corrected chi connectivity index (χ4v) is 4.54. The Labute approximate surface area is 162 Å². The maximum absolute atomic E-state index is 5.93. The lowest BCUT2D eigenvalue weighted by Crippen LogP contribution is -2.46. The second-order valence-corrected chi connectivity index (χ2v) is 9.11. The Morgan fingerprint density at radius 1 is 1.12 bits per heavy atom. The molecule has 0 spiro atoms. The lowest BCUT2D eigenvalue weighted by Gasteiger charge is -2.26. The predicted octanol–water partition coefficient (Wildman–Crippen LogP) is 1.80. The average molecular weight is 402 g/mol. The normalized spacial score (nSPS) is 11.6. The summed E-state index contributed by atoms with van der Waals surface area (Å²) in [7, 11) is 1.95. The molecule has 0 amide bonds. The van der Waals surface area contributed by atoms with Crippen molar-refractivity contribution < 1.29 is 13.3 Å². The third-order valence-corrected chi connectivity index (χ3v) is 7.23. The van der Waals surface area contributed by atoms with Crippen molar-refractivity contribution in [2.45, 2.75) is 19.9 Å². The van der Waals surface area contributed by atoms with Crippen molar-refractivity contribution in [3.05, 3.63) is 34.9 Å². The summed E-state index contributed by atoms with van der Waals surface area (Å²) >= 11 is 10.7. The zero-order chi connectivity index (χ0) is 19.0. The van der Waals surface area contributed by atoms with E-state index in [9.17, 15) is 0 Å². The summed E-state index contributed by atoms with van der Waals surface area (Å²) < 4.78 is 16.5. The largest absolute Gasteiger partial charge is 0.504 e. The third kappa shape index (κ3) is 5.78. The molecule has 0 aliphatic carbocycles. The Bertz CT molecular complexity index is 600. The summed E-state index contributed by atoms with van der Waals surface area (Å²) in [6.07, 6.45) is 0. The van der Waals surface area contributed by atoms with Gasteiger partial charge in [-0.05, 0) is 11.6 Å². The van der Waals surface area contributed by atoms with Crippen molar-refractivity contribution in [1.82, 2.24) is 10.4 Å². The summed E-state index contributed by atoms with van der Waals surface area (Å²) in [5.74, 6) is 0. The molecule has 1 aromatic rings. The van der Waals surface area contributed by atoms with Gasteiger partial charge < -0.3 is 24.4 Å². The molecule has 6 nitrogen and oxygen atoms in total. The van der Waals surface area contributed by atoms with Gasteiger partial charge in [-0.15, -0.1) is 0 Å². The van der Waals surface area contributed by atoms with Crippen LogP contribution < -0.4 is 11.2 Å². The smallest absolute Gasteiger partial charge is 0.389 e. The van der Waals surface area contributed by atoms with Gasteiger partial charge >= 0.3 is 8.80 Å². The minimum Gasteiger partial charge on any atom is -0.389 e. The van der Waals surface area contributed by atoms with Crippen LogP contribution in [0, 0.1) is 0 Å². The van der Waals surface area contributed by atoms with E-state index < -0.39 is 8.80 Å². The zero-order valence-electron chi connectivity index (χ0n) is 15.4. The number of nitrogens with two attached hydrogens (primary N) is 1. The Morgan fingerprint density at radius 2 is 1.68 bits per heavy atom. The van der Waals surface area contributed by atoms with E-state index in [1.54, 1.807) is 21.3 Å². The molecule has 25 heavy (non-hydrogen) atoms. The van der Waals surface area contributed by atoms with Crippen LogP contribution in [0.2, 0.25) is 0 Å². The number of hydrogen-bond donors (Lipinski definition) is 2. The van der Waals surface area contributed by atoms with E-state index in [2.05, 4.69) is 19.3 Å². The van der Waals surface area contributed by atoms with Gasteiger partial charge in [0.25, 0.3) is 0 Å². The van der Waals surface area contributed by atoms with Gasteiger partial charge in [0.15, 0.2) is 0 Å². The summed E-state index contributed by atoms with van der Waals surface area (Å²) in [5.41, 5.74) is 11.7.